The van der Waals surface area contributed by atoms with Crippen LogP contribution in [0.15, 0.2) is 59.7 Å². The van der Waals surface area contributed by atoms with E-state index in [0.29, 0.717) is 11.7 Å². The van der Waals surface area contributed by atoms with Gasteiger partial charge in [-0.15, -0.1) is 0 Å². The van der Waals surface area contributed by atoms with E-state index in [2.05, 4.69) is 20.0 Å². The van der Waals surface area contributed by atoms with E-state index in [1.54, 1.807) is 0 Å². The smallest absolute Gasteiger partial charge is 0.139 e. The zero-order valence-electron chi connectivity index (χ0n) is 12.6. The Morgan fingerprint density at radius 1 is 1.08 bits per heavy atom. The van der Waals surface area contributed by atoms with Crippen molar-refractivity contribution in [3.8, 4) is 11.3 Å². The average molecular weight is 334 g/mol. The third-order valence-electron chi connectivity index (χ3n) is 3.97. The van der Waals surface area contributed by atoms with E-state index in [9.17, 15) is 0 Å². The Bertz CT molecular complexity index is 1110. The lowest BCUT2D eigenvalue weighted by atomic mass is 10.1. The van der Waals surface area contributed by atoms with Gasteiger partial charge in [0.2, 0.25) is 0 Å². The monoisotopic (exact) mass is 333 g/mol. The summed E-state index contributed by atoms with van der Waals surface area (Å²) in [4.78, 5) is 10.6. The van der Waals surface area contributed by atoms with Gasteiger partial charge in [-0.2, -0.15) is 0 Å². The average Bonchev–Trinajstić information content (AvgIpc) is 3.02. The molecule has 0 amide bonds. The van der Waals surface area contributed by atoms with E-state index >= 15 is 0 Å². The first-order chi connectivity index (χ1) is 11.7. The lowest BCUT2D eigenvalue weighted by molar-refractivity contribution is 1.05. The number of H-pyrrole nitrogens is 1. The number of aromatic amines is 1. The van der Waals surface area contributed by atoms with Crippen LogP contribution in [0.5, 0.6) is 0 Å². The standard InChI is InChI=1S/C18H12ClN5/c19-18-14(8-12-3-1-2-4-15(12)23-18)17-9-13-7-11(10-21-24-20)5-6-16(13)22-17/h1-9,22H,10H2. The molecule has 6 heteroatoms. The molecule has 0 aliphatic rings. The van der Waals surface area contributed by atoms with Crippen molar-refractivity contribution < 1.29 is 0 Å². The summed E-state index contributed by atoms with van der Waals surface area (Å²) < 4.78 is 0. The second-order valence-corrected chi connectivity index (χ2v) is 5.87. The third-order valence-corrected chi connectivity index (χ3v) is 4.26. The van der Waals surface area contributed by atoms with Crippen LogP contribution in [0.25, 0.3) is 43.5 Å². The van der Waals surface area contributed by atoms with Crippen molar-refractivity contribution in [3.05, 3.63) is 75.8 Å². The van der Waals surface area contributed by atoms with Crippen LogP contribution in [0.2, 0.25) is 5.15 Å². The highest BCUT2D eigenvalue weighted by Crippen LogP contribution is 2.31. The molecule has 0 unspecified atom stereocenters. The highest BCUT2D eigenvalue weighted by molar-refractivity contribution is 6.32. The molecule has 2 aromatic carbocycles. The Labute approximate surface area is 142 Å². The van der Waals surface area contributed by atoms with Gasteiger partial charge in [0.05, 0.1) is 12.1 Å². The molecule has 4 rings (SSSR count). The van der Waals surface area contributed by atoms with E-state index in [1.807, 2.05) is 54.6 Å². The number of azide groups is 1. The SMILES string of the molecule is [N-]=[N+]=NCc1ccc2[nH]c(-c3cc4ccccc4nc3Cl)cc2c1. The Balaban J connectivity index is 1.84. The molecule has 0 aliphatic heterocycles. The van der Waals surface area contributed by atoms with Gasteiger partial charge in [-0.1, -0.05) is 41.0 Å². The van der Waals surface area contributed by atoms with Gasteiger partial charge in [0, 0.05) is 32.5 Å². The lowest BCUT2D eigenvalue weighted by Gasteiger charge is -2.04. The second kappa shape index (κ2) is 5.89. The van der Waals surface area contributed by atoms with Crippen LogP contribution in [0.4, 0.5) is 0 Å². The quantitative estimate of drug-likeness (QED) is 0.217. The van der Waals surface area contributed by atoms with Crippen LogP contribution in [0.3, 0.4) is 0 Å². The van der Waals surface area contributed by atoms with Crippen molar-refractivity contribution >= 4 is 33.4 Å². The molecule has 0 saturated carbocycles. The summed E-state index contributed by atoms with van der Waals surface area (Å²) in [6, 6.07) is 17.9. The van der Waals surface area contributed by atoms with E-state index in [4.69, 9.17) is 17.1 Å². The van der Waals surface area contributed by atoms with Gasteiger partial charge in [0.1, 0.15) is 5.15 Å². The molecule has 0 radical (unpaired) electrons. The number of rotatable bonds is 3. The summed E-state index contributed by atoms with van der Waals surface area (Å²) >= 11 is 6.38. The van der Waals surface area contributed by atoms with Gasteiger partial charge in [0.15, 0.2) is 0 Å². The maximum Gasteiger partial charge on any atom is 0.139 e. The molecule has 0 saturated heterocycles. The molecular weight excluding hydrogens is 322 g/mol. The maximum absolute atomic E-state index is 8.44. The number of para-hydroxylation sites is 1. The number of aromatic nitrogens is 2. The van der Waals surface area contributed by atoms with Gasteiger partial charge in [-0.05, 0) is 41.4 Å². The Kier molecular flexibility index (Phi) is 3.58. The van der Waals surface area contributed by atoms with Gasteiger partial charge in [0.25, 0.3) is 0 Å². The molecule has 0 fully saturated rings. The zero-order valence-corrected chi connectivity index (χ0v) is 13.3. The predicted molar refractivity (Wildman–Crippen MR) is 96.9 cm³/mol. The first kappa shape index (κ1) is 14.6. The van der Waals surface area contributed by atoms with Crippen LogP contribution in [0.1, 0.15) is 5.56 Å². The summed E-state index contributed by atoms with van der Waals surface area (Å²) in [6.07, 6.45) is 0. The number of pyridine rings is 1. The molecule has 0 bridgehead atoms. The Morgan fingerprint density at radius 3 is 2.83 bits per heavy atom. The number of hydrogen-bond acceptors (Lipinski definition) is 2. The molecule has 4 aromatic rings. The van der Waals surface area contributed by atoms with Crippen LogP contribution >= 0.6 is 11.6 Å². The summed E-state index contributed by atoms with van der Waals surface area (Å²) in [5.74, 6) is 0. The normalized spacial score (nSPS) is 10.9. The van der Waals surface area contributed by atoms with E-state index < -0.39 is 0 Å². The van der Waals surface area contributed by atoms with Gasteiger partial charge in [-0.3, -0.25) is 0 Å². The Morgan fingerprint density at radius 2 is 1.96 bits per heavy atom. The molecule has 5 nitrogen and oxygen atoms in total. The predicted octanol–water partition coefficient (Wildman–Crippen LogP) is 5.85. The van der Waals surface area contributed by atoms with Crippen LogP contribution in [-0.2, 0) is 6.54 Å². The highest BCUT2D eigenvalue weighted by Gasteiger charge is 2.10. The van der Waals surface area contributed by atoms with Crippen molar-refractivity contribution in [2.45, 2.75) is 6.54 Å². The summed E-state index contributed by atoms with van der Waals surface area (Å²) in [5.41, 5.74) is 13.1. The molecule has 0 atom stereocenters. The fourth-order valence-corrected chi connectivity index (χ4v) is 3.07. The molecule has 2 aromatic heterocycles. The molecular formula is C18H12ClN5. The fourth-order valence-electron chi connectivity index (χ4n) is 2.82. The van der Waals surface area contributed by atoms with Gasteiger partial charge >= 0.3 is 0 Å². The summed E-state index contributed by atoms with van der Waals surface area (Å²) in [6.45, 7) is 0.339. The zero-order chi connectivity index (χ0) is 16.5. The van der Waals surface area contributed by atoms with Crippen LogP contribution < -0.4 is 0 Å². The van der Waals surface area contributed by atoms with Crippen molar-refractivity contribution in [3.63, 3.8) is 0 Å². The number of benzene rings is 2. The Hall–Kier alpha value is -3.01. The number of hydrogen-bond donors (Lipinski definition) is 1. The molecule has 24 heavy (non-hydrogen) atoms. The van der Waals surface area contributed by atoms with Crippen molar-refractivity contribution in [2.24, 2.45) is 5.11 Å². The minimum Gasteiger partial charge on any atom is -0.354 e. The minimum atomic E-state index is 0.339. The third kappa shape index (κ3) is 2.56. The van der Waals surface area contributed by atoms with E-state index in [0.717, 1.165) is 38.6 Å². The number of halogens is 1. The van der Waals surface area contributed by atoms with Gasteiger partial charge in [-0.25, -0.2) is 4.98 Å². The number of nitrogens with one attached hydrogen (secondary N) is 1. The molecule has 1 N–H and O–H groups in total. The van der Waals surface area contributed by atoms with Crippen LogP contribution in [-0.4, -0.2) is 9.97 Å². The number of nitrogens with zero attached hydrogens (tertiary/aromatic N) is 4. The summed E-state index contributed by atoms with van der Waals surface area (Å²) in [5, 5.41) is 6.15. The minimum absolute atomic E-state index is 0.339. The largest absolute Gasteiger partial charge is 0.354 e. The second-order valence-electron chi connectivity index (χ2n) is 5.51. The summed E-state index contributed by atoms with van der Waals surface area (Å²) in [7, 11) is 0. The molecule has 116 valence electrons. The first-order valence-corrected chi connectivity index (χ1v) is 7.80. The first-order valence-electron chi connectivity index (χ1n) is 7.43. The van der Waals surface area contributed by atoms with Crippen LogP contribution in [0, 0.1) is 0 Å². The maximum atomic E-state index is 8.44. The number of fused-ring (bicyclic) bond motifs is 2. The fraction of sp³-hybridized carbons (Fsp3) is 0.0556. The van der Waals surface area contributed by atoms with Gasteiger partial charge < -0.3 is 4.98 Å². The van der Waals surface area contributed by atoms with Crippen molar-refractivity contribution in [1.29, 1.82) is 0 Å². The molecule has 0 spiro atoms. The lowest BCUT2D eigenvalue weighted by Crippen LogP contribution is -1.85. The van der Waals surface area contributed by atoms with Crippen molar-refractivity contribution in [1.82, 2.24) is 9.97 Å². The van der Waals surface area contributed by atoms with Crippen molar-refractivity contribution in [2.75, 3.05) is 0 Å². The van der Waals surface area contributed by atoms with E-state index in [1.165, 1.54) is 0 Å². The molecule has 2 heterocycles. The topological polar surface area (TPSA) is 77.4 Å². The molecule has 0 aliphatic carbocycles. The highest BCUT2D eigenvalue weighted by atomic mass is 35.5. The van der Waals surface area contributed by atoms with E-state index in [-0.39, 0.29) is 0 Å².